The maximum Gasteiger partial charge on any atom is 0.269 e. The fourth-order valence-electron chi connectivity index (χ4n) is 5.72. The number of primary amides is 1. The molecule has 0 spiro atoms. The average Bonchev–Trinajstić information content (AvgIpc) is 3.25. The largest absolute Gasteiger partial charge is 0.494 e. The first-order chi connectivity index (χ1) is 20.0. The predicted molar refractivity (Wildman–Crippen MR) is 160 cm³/mol. The van der Waals surface area contributed by atoms with Crippen LogP contribution < -0.4 is 20.7 Å². The summed E-state index contributed by atoms with van der Waals surface area (Å²) in [5.74, 6) is 0.670. The SMILES string of the molecule is COc1cc(N2CCN(C)CC2)ccc1Nc1ncc2c(n1)-c1c(c(C(N)=O)nn1CCc1ccccc1)CCC2. The van der Waals surface area contributed by atoms with Crippen LogP contribution in [0.15, 0.2) is 54.7 Å². The lowest BCUT2D eigenvalue weighted by Crippen LogP contribution is -2.44. The summed E-state index contributed by atoms with van der Waals surface area (Å²) in [4.78, 5) is 26.8. The Balaban J connectivity index is 1.32. The highest BCUT2D eigenvalue weighted by Crippen LogP contribution is 2.36. The van der Waals surface area contributed by atoms with Gasteiger partial charge in [-0.05, 0) is 56.0 Å². The van der Waals surface area contributed by atoms with E-state index in [1.54, 1.807) is 7.11 Å². The zero-order valence-electron chi connectivity index (χ0n) is 23.6. The predicted octanol–water partition coefficient (Wildman–Crippen LogP) is 3.67. The molecule has 0 unspecified atom stereocenters. The number of rotatable bonds is 8. The number of anilines is 3. The van der Waals surface area contributed by atoms with E-state index >= 15 is 0 Å². The molecule has 2 aliphatic rings. The Morgan fingerprint density at radius 2 is 1.88 bits per heavy atom. The second-order valence-corrected chi connectivity index (χ2v) is 10.7. The van der Waals surface area contributed by atoms with Crippen LogP contribution in [0.3, 0.4) is 0 Å². The number of hydrogen-bond donors (Lipinski definition) is 2. The van der Waals surface area contributed by atoms with Gasteiger partial charge < -0.3 is 25.6 Å². The number of piperazine rings is 1. The van der Waals surface area contributed by atoms with E-state index < -0.39 is 5.91 Å². The molecule has 0 saturated carbocycles. The molecule has 10 heteroatoms. The number of carbonyl (C=O) groups excluding carboxylic acids is 1. The Kier molecular flexibility index (Phi) is 7.56. The van der Waals surface area contributed by atoms with Crippen LogP contribution in [0, 0.1) is 0 Å². The molecule has 1 aliphatic carbocycles. The molecule has 1 fully saturated rings. The lowest BCUT2D eigenvalue weighted by molar-refractivity contribution is 0.0994. The molecular formula is C31H36N8O2. The zero-order chi connectivity index (χ0) is 28.3. The first kappa shape index (κ1) is 26.8. The number of aromatic nitrogens is 4. The zero-order valence-corrected chi connectivity index (χ0v) is 23.6. The normalized spacial score (nSPS) is 15.1. The Hall–Kier alpha value is -4.44. The summed E-state index contributed by atoms with van der Waals surface area (Å²) in [7, 11) is 3.83. The Morgan fingerprint density at radius 1 is 1.07 bits per heavy atom. The molecule has 2 aromatic carbocycles. The standard InChI is InChI=1S/C31H36N8O2/c1-37-15-17-38(18-16-37)23-11-12-25(26(19-23)41-2)34-31-33-20-22-9-6-10-24-28(30(32)40)36-39(29(24)27(22)35-31)14-13-21-7-4-3-5-8-21/h3-5,7-8,11-12,19-20H,6,9-10,13-18H2,1-2H3,(H2,32,40)(H,33,34,35). The van der Waals surface area contributed by atoms with Gasteiger partial charge in [0.15, 0.2) is 5.69 Å². The molecule has 212 valence electrons. The third-order valence-electron chi connectivity index (χ3n) is 8.00. The smallest absolute Gasteiger partial charge is 0.269 e. The fraction of sp³-hybridized carbons (Fsp3) is 0.355. The number of aryl methyl sites for hydroxylation is 3. The summed E-state index contributed by atoms with van der Waals surface area (Å²) in [6.45, 7) is 4.63. The van der Waals surface area contributed by atoms with Crippen LogP contribution in [0.5, 0.6) is 5.75 Å². The molecule has 3 heterocycles. The van der Waals surface area contributed by atoms with Crippen LogP contribution in [0.4, 0.5) is 17.3 Å². The molecular weight excluding hydrogens is 516 g/mol. The number of benzene rings is 2. The topological polar surface area (TPSA) is 114 Å². The Morgan fingerprint density at radius 3 is 2.63 bits per heavy atom. The third kappa shape index (κ3) is 5.60. The van der Waals surface area contributed by atoms with E-state index in [0.29, 0.717) is 24.6 Å². The van der Waals surface area contributed by atoms with Gasteiger partial charge in [0, 0.05) is 56.2 Å². The number of nitrogens with one attached hydrogen (secondary N) is 1. The summed E-state index contributed by atoms with van der Waals surface area (Å²) in [6, 6.07) is 16.4. The highest BCUT2D eigenvalue weighted by molar-refractivity contribution is 5.94. The number of carbonyl (C=O) groups is 1. The molecule has 1 amide bonds. The van der Waals surface area contributed by atoms with Gasteiger partial charge in [-0.15, -0.1) is 0 Å². The van der Waals surface area contributed by atoms with Crippen molar-refractivity contribution < 1.29 is 9.53 Å². The lowest BCUT2D eigenvalue weighted by Gasteiger charge is -2.34. The van der Waals surface area contributed by atoms with Crippen LogP contribution in [0.25, 0.3) is 11.4 Å². The molecule has 0 bridgehead atoms. The maximum absolute atomic E-state index is 12.4. The average molecular weight is 553 g/mol. The van der Waals surface area contributed by atoms with Crippen molar-refractivity contribution in [2.45, 2.75) is 32.2 Å². The van der Waals surface area contributed by atoms with E-state index in [1.165, 1.54) is 5.56 Å². The minimum atomic E-state index is -0.513. The number of fused-ring (bicyclic) bond motifs is 3. The molecule has 4 aromatic rings. The monoisotopic (exact) mass is 552 g/mol. The number of ether oxygens (including phenoxy) is 1. The Labute approximate surface area is 240 Å². The minimum absolute atomic E-state index is 0.329. The summed E-state index contributed by atoms with van der Waals surface area (Å²) in [6.07, 6.45) is 5.03. The molecule has 41 heavy (non-hydrogen) atoms. The van der Waals surface area contributed by atoms with Crippen LogP contribution in [-0.4, -0.2) is 70.9 Å². The van der Waals surface area contributed by atoms with Crippen LogP contribution in [-0.2, 0) is 25.8 Å². The number of nitrogens with zero attached hydrogens (tertiary/aromatic N) is 6. The summed E-state index contributed by atoms with van der Waals surface area (Å²) in [5.41, 5.74) is 12.8. The number of amides is 1. The third-order valence-corrected chi connectivity index (χ3v) is 8.00. The first-order valence-electron chi connectivity index (χ1n) is 14.2. The van der Waals surface area contributed by atoms with E-state index in [1.807, 2.05) is 35.1 Å². The van der Waals surface area contributed by atoms with Gasteiger partial charge in [-0.2, -0.15) is 5.10 Å². The van der Waals surface area contributed by atoms with Crippen molar-refractivity contribution in [2.24, 2.45) is 5.73 Å². The van der Waals surface area contributed by atoms with Crippen LogP contribution in [0.1, 0.15) is 33.6 Å². The molecule has 0 atom stereocenters. The molecule has 6 rings (SSSR count). The maximum atomic E-state index is 12.4. The molecule has 3 N–H and O–H groups in total. The highest BCUT2D eigenvalue weighted by atomic mass is 16.5. The highest BCUT2D eigenvalue weighted by Gasteiger charge is 2.28. The van der Waals surface area contributed by atoms with Gasteiger partial charge in [0.1, 0.15) is 5.75 Å². The summed E-state index contributed by atoms with van der Waals surface area (Å²) >= 11 is 0. The molecule has 1 saturated heterocycles. The van der Waals surface area contributed by atoms with Gasteiger partial charge in [-0.3, -0.25) is 9.48 Å². The number of methoxy groups -OCH3 is 1. The second kappa shape index (κ2) is 11.6. The van der Waals surface area contributed by atoms with Crippen molar-refractivity contribution in [1.82, 2.24) is 24.6 Å². The van der Waals surface area contributed by atoms with Gasteiger partial charge in [0.25, 0.3) is 5.91 Å². The van der Waals surface area contributed by atoms with Gasteiger partial charge in [0.05, 0.1) is 24.2 Å². The van der Waals surface area contributed by atoms with Crippen molar-refractivity contribution in [1.29, 1.82) is 0 Å². The fourth-order valence-corrected chi connectivity index (χ4v) is 5.72. The van der Waals surface area contributed by atoms with Crippen molar-refractivity contribution >= 4 is 23.2 Å². The van der Waals surface area contributed by atoms with E-state index in [9.17, 15) is 4.79 Å². The minimum Gasteiger partial charge on any atom is -0.494 e. The van der Waals surface area contributed by atoms with E-state index in [4.69, 9.17) is 15.5 Å². The molecule has 2 aromatic heterocycles. The number of hydrogen-bond acceptors (Lipinski definition) is 8. The quantitative estimate of drug-likeness (QED) is 0.340. The van der Waals surface area contributed by atoms with E-state index in [-0.39, 0.29) is 0 Å². The number of likely N-dealkylation sites (N-methyl/N-ethyl adjacent to an activating group) is 1. The van der Waals surface area contributed by atoms with Gasteiger partial charge in [-0.1, -0.05) is 30.3 Å². The van der Waals surface area contributed by atoms with Crippen molar-refractivity contribution in [3.63, 3.8) is 0 Å². The number of nitrogens with two attached hydrogens (primary N) is 1. The molecule has 10 nitrogen and oxygen atoms in total. The van der Waals surface area contributed by atoms with Crippen LogP contribution >= 0.6 is 0 Å². The van der Waals surface area contributed by atoms with Crippen molar-refractivity contribution in [2.75, 3.05) is 50.6 Å². The Bertz CT molecular complexity index is 1540. The second-order valence-electron chi connectivity index (χ2n) is 10.7. The van der Waals surface area contributed by atoms with E-state index in [0.717, 1.165) is 85.1 Å². The van der Waals surface area contributed by atoms with Gasteiger partial charge >= 0.3 is 0 Å². The molecule has 0 radical (unpaired) electrons. The van der Waals surface area contributed by atoms with Crippen molar-refractivity contribution in [3.05, 3.63) is 77.1 Å². The van der Waals surface area contributed by atoms with Gasteiger partial charge in [0.2, 0.25) is 5.95 Å². The summed E-state index contributed by atoms with van der Waals surface area (Å²) in [5, 5.41) is 8.05. The molecule has 1 aliphatic heterocycles. The van der Waals surface area contributed by atoms with Crippen molar-refractivity contribution in [3.8, 4) is 17.1 Å². The first-order valence-corrected chi connectivity index (χ1v) is 14.2. The van der Waals surface area contributed by atoms with Crippen LogP contribution in [0.2, 0.25) is 0 Å². The summed E-state index contributed by atoms with van der Waals surface area (Å²) < 4.78 is 7.66. The van der Waals surface area contributed by atoms with Gasteiger partial charge in [-0.25, -0.2) is 9.97 Å². The lowest BCUT2D eigenvalue weighted by atomic mass is 10.1. The van der Waals surface area contributed by atoms with E-state index in [2.05, 4.69) is 56.5 Å².